The second kappa shape index (κ2) is 5.79. The van der Waals surface area contributed by atoms with E-state index in [4.69, 9.17) is 0 Å². The number of carbonyl (C=O) groups is 1. The number of carbonyl (C=O) groups excluding carboxylic acids is 1. The minimum atomic E-state index is -0.0992. The number of thiophene rings is 1. The molecule has 0 radical (unpaired) electrons. The standard InChI is InChI=1S/C16H14N2OS2/c1-10-3-6-12(7-4-10)13-9-20-16(17-13)18-15(19)14-8-5-11(2)21-14/h3-9H,1-2H3,(H,17,18,19). The molecule has 0 spiro atoms. The molecule has 0 atom stereocenters. The summed E-state index contributed by atoms with van der Waals surface area (Å²) < 4.78 is 0. The van der Waals surface area contributed by atoms with Crippen LogP contribution in [0.1, 0.15) is 20.1 Å². The number of thiazole rings is 1. The van der Waals surface area contributed by atoms with Crippen molar-refractivity contribution in [2.24, 2.45) is 0 Å². The van der Waals surface area contributed by atoms with Crippen molar-refractivity contribution in [2.45, 2.75) is 13.8 Å². The molecule has 0 unspecified atom stereocenters. The molecule has 0 aliphatic heterocycles. The van der Waals surface area contributed by atoms with E-state index in [0.29, 0.717) is 10.0 Å². The third-order valence-corrected chi connectivity index (χ3v) is 4.79. The van der Waals surface area contributed by atoms with Crippen LogP contribution < -0.4 is 5.32 Å². The van der Waals surface area contributed by atoms with Gasteiger partial charge in [-0.15, -0.1) is 22.7 Å². The average Bonchev–Trinajstić information content (AvgIpc) is 3.09. The number of aromatic nitrogens is 1. The zero-order valence-corrected chi connectivity index (χ0v) is 13.3. The molecule has 2 aromatic heterocycles. The van der Waals surface area contributed by atoms with Crippen LogP contribution in [0.2, 0.25) is 0 Å². The van der Waals surface area contributed by atoms with Crippen molar-refractivity contribution in [3.8, 4) is 11.3 Å². The number of nitrogens with one attached hydrogen (secondary N) is 1. The number of nitrogens with zero attached hydrogens (tertiary/aromatic N) is 1. The highest BCUT2D eigenvalue weighted by Gasteiger charge is 2.11. The minimum Gasteiger partial charge on any atom is -0.297 e. The lowest BCUT2D eigenvalue weighted by Crippen LogP contribution is -2.09. The van der Waals surface area contributed by atoms with Crippen LogP contribution in [0.4, 0.5) is 5.13 Å². The first-order valence-electron chi connectivity index (χ1n) is 6.52. The SMILES string of the molecule is Cc1ccc(-c2csc(NC(=O)c3ccc(C)s3)n2)cc1. The molecule has 1 aromatic carbocycles. The van der Waals surface area contributed by atoms with Gasteiger partial charge in [0.2, 0.25) is 0 Å². The molecular weight excluding hydrogens is 300 g/mol. The number of hydrogen-bond donors (Lipinski definition) is 1. The molecule has 2 heterocycles. The van der Waals surface area contributed by atoms with E-state index in [1.165, 1.54) is 28.2 Å². The van der Waals surface area contributed by atoms with Gasteiger partial charge < -0.3 is 0 Å². The summed E-state index contributed by atoms with van der Waals surface area (Å²) in [4.78, 5) is 18.4. The van der Waals surface area contributed by atoms with E-state index < -0.39 is 0 Å². The maximum atomic E-state index is 12.1. The summed E-state index contributed by atoms with van der Waals surface area (Å²) >= 11 is 2.92. The molecule has 1 amide bonds. The van der Waals surface area contributed by atoms with E-state index in [2.05, 4.69) is 29.4 Å². The van der Waals surface area contributed by atoms with Crippen molar-refractivity contribution in [3.63, 3.8) is 0 Å². The summed E-state index contributed by atoms with van der Waals surface area (Å²) in [5, 5.41) is 5.44. The Bertz CT molecular complexity index is 772. The van der Waals surface area contributed by atoms with Crippen molar-refractivity contribution < 1.29 is 4.79 Å². The van der Waals surface area contributed by atoms with Crippen molar-refractivity contribution in [1.82, 2.24) is 4.98 Å². The highest BCUT2D eigenvalue weighted by molar-refractivity contribution is 7.15. The third-order valence-electron chi connectivity index (χ3n) is 3.04. The average molecular weight is 314 g/mol. The molecule has 3 nitrogen and oxygen atoms in total. The van der Waals surface area contributed by atoms with Crippen LogP contribution in [0, 0.1) is 13.8 Å². The molecule has 5 heteroatoms. The predicted molar refractivity (Wildman–Crippen MR) is 89.3 cm³/mol. The molecule has 0 aliphatic rings. The van der Waals surface area contributed by atoms with Crippen LogP contribution in [-0.4, -0.2) is 10.9 Å². The zero-order chi connectivity index (χ0) is 14.8. The first-order valence-corrected chi connectivity index (χ1v) is 8.22. The van der Waals surface area contributed by atoms with E-state index in [1.807, 2.05) is 36.6 Å². The summed E-state index contributed by atoms with van der Waals surface area (Å²) in [5.41, 5.74) is 3.16. The second-order valence-electron chi connectivity index (χ2n) is 4.77. The first-order chi connectivity index (χ1) is 10.1. The molecule has 3 rings (SSSR count). The van der Waals surface area contributed by atoms with Crippen molar-refractivity contribution >= 4 is 33.7 Å². The maximum absolute atomic E-state index is 12.1. The van der Waals surface area contributed by atoms with Gasteiger partial charge in [0.15, 0.2) is 5.13 Å². The molecule has 0 aliphatic carbocycles. The molecule has 0 fully saturated rings. The van der Waals surface area contributed by atoms with E-state index in [0.717, 1.165) is 16.1 Å². The highest BCUT2D eigenvalue weighted by atomic mass is 32.1. The number of anilines is 1. The summed E-state index contributed by atoms with van der Waals surface area (Å²) in [7, 11) is 0. The van der Waals surface area contributed by atoms with Gasteiger partial charge in [0.1, 0.15) is 0 Å². The summed E-state index contributed by atoms with van der Waals surface area (Å²) in [5.74, 6) is -0.0992. The molecule has 21 heavy (non-hydrogen) atoms. The van der Waals surface area contributed by atoms with Gasteiger partial charge in [-0.1, -0.05) is 29.8 Å². The summed E-state index contributed by atoms with van der Waals surface area (Å²) in [6, 6.07) is 12.0. The Morgan fingerprint density at radius 1 is 1.10 bits per heavy atom. The Balaban J connectivity index is 1.76. The van der Waals surface area contributed by atoms with Crippen LogP contribution in [0.15, 0.2) is 41.8 Å². The van der Waals surface area contributed by atoms with E-state index in [9.17, 15) is 4.79 Å². The Morgan fingerprint density at radius 3 is 2.52 bits per heavy atom. The smallest absolute Gasteiger partial charge is 0.267 e. The van der Waals surface area contributed by atoms with Gasteiger partial charge in [0, 0.05) is 15.8 Å². The topological polar surface area (TPSA) is 42.0 Å². The van der Waals surface area contributed by atoms with Crippen LogP contribution in [0.3, 0.4) is 0 Å². The number of rotatable bonds is 3. The van der Waals surface area contributed by atoms with E-state index in [-0.39, 0.29) is 5.91 Å². The quantitative estimate of drug-likeness (QED) is 0.758. The van der Waals surface area contributed by atoms with Crippen LogP contribution in [0.5, 0.6) is 0 Å². The fourth-order valence-electron chi connectivity index (χ4n) is 1.90. The van der Waals surface area contributed by atoms with Gasteiger partial charge in [-0.2, -0.15) is 0 Å². The van der Waals surface area contributed by atoms with Crippen LogP contribution >= 0.6 is 22.7 Å². The molecule has 0 saturated heterocycles. The van der Waals surface area contributed by atoms with Crippen LogP contribution in [0.25, 0.3) is 11.3 Å². The Hall–Kier alpha value is -1.98. The minimum absolute atomic E-state index is 0.0992. The zero-order valence-electron chi connectivity index (χ0n) is 11.7. The molecular formula is C16H14N2OS2. The van der Waals surface area contributed by atoms with Gasteiger partial charge in [-0.25, -0.2) is 4.98 Å². The lowest BCUT2D eigenvalue weighted by atomic mass is 10.1. The number of amides is 1. The van der Waals surface area contributed by atoms with Gasteiger partial charge in [-0.3, -0.25) is 10.1 Å². The van der Waals surface area contributed by atoms with E-state index >= 15 is 0 Å². The van der Waals surface area contributed by atoms with Crippen molar-refractivity contribution in [3.05, 3.63) is 57.1 Å². The van der Waals surface area contributed by atoms with Crippen LogP contribution in [-0.2, 0) is 0 Å². The maximum Gasteiger partial charge on any atom is 0.267 e. The Labute approximate surface area is 131 Å². The third kappa shape index (κ3) is 3.20. The lowest BCUT2D eigenvalue weighted by Gasteiger charge is -1.99. The molecule has 106 valence electrons. The summed E-state index contributed by atoms with van der Waals surface area (Å²) in [6.07, 6.45) is 0. The van der Waals surface area contributed by atoms with Gasteiger partial charge in [0.25, 0.3) is 5.91 Å². The van der Waals surface area contributed by atoms with E-state index in [1.54, 1.807) is 0 Å². The first kappa shape index (κ1) is 14.0. The van der Waals surface area contributed by atoms with Crippen molar-refractivity contribution in [2.75, 3.05) is 5.32 Å². The number of benzene rings is 1. The van der Waals surface area contributed by atoms with Gasteiger partial charge in [0.05, 0.1) is 10.6 Å². The largest absolute Gasteiger partial charge is 0.297 e. The predicted octanol–water partition coefficient (Wildman–Crippen LogP) is 4.74. The van der Waals surface area contributed by atoms with Gasteiger partial charge in [-0.05, 0) is 26.0 Å². The second-order valence-corrected chi connectivity index (χ2v) is 6.91. The Kier molecular flexibility index (Phi) is 3.86. The Morgan fingerprint density at radius 2 is 1.86 bits per heavy atom. The summed E-state index contributed by atoms with van der Waals surface area (Å²) in [6.45, 7) is 4.04. The lowest BCUT2D eigenvalue weighted by molar-refractivity contribution is 0.103. The van der Waals surface area contributed by atoms with Gasteiger partial charge >= 0.3 is 0 Å². The number of aryl methyl sites for hydroxylation is 2. The highest BCUT2D eigenvalue weighted by Crippen LogP contribution is 2.26. The fourth-order valence-corrected chi connectivity index (χ4v) is 3.38. The normalized spacial score (nSPS) is 10.6. The molecule has 1 N–H and O–H groups in total. The molecule has 3 aromatic rings. The fraction of sp³-hybridized carbons (Fsp3) is 0.125. The monoisotopic (exact) mass is 314 g/mol. The number of hydrogen-bond acceptors (Lipinski definition) is 4. The van der Waals surface area contributed by atoms with Crippen molar-refractivity contribution in [1.29, 1.82) is 0 Å². The molecule has 0 saturated carbocycles. The molecule has 0 bridgehead atoms.